The molecule has 2 rings (SSSR count). The minimum absolute atomic E-state index is 0.0163. The van der Waals surface area contributed by atoms with Gasteiger partial charge in [0.15, 0.2) is 0 Å². The van der Waals surface area contributed by atoms with E-state index in [-0.39, 0.29) is 11.9 Å². The Morgan fingerprint density at radius 2 is 2.00 bits per heavy atom. The number of carbonyl (C=O) groups is 1. The van der Waals surface area contributed by atoms with Gasteiger partial charge in [0, 0.05) is 24.7 Å². The normalized spacial score (nSPS) is 33.8. The first kappa shape index (κ1) is 12.8. The van der Waals surface area contributed by atoms with Crippen molar-refractivity contribution in [1.29, 1.82) is 0 Å². The number of carbonyl (C=O) groups excluding carboxylic acids is 1. The predicted molar refractivity (Wildman–Crippen MR) is 68.9 cm³/mol. The summed E-state index contributed by atoms with van der Waals surface area (Å²) in [5.41, 5.74) is 0. The summed E-state index contributed by atoms with van der Waals surface area (Å²) in [5, 5.41) is 6.55. The predicted octanol–water partition coefficient (Wildman–Crippen LogP) is 0.726. The molecule has 2 N–H and O–H groups in total. The van der Waals surface area contributed by atoms with E-state index in [2.05, 4.69) is 22.6 Å². The molecule has 0 aromatic heterocycles. The zero-order valence-corrected chi connectivity index (χ0v) is 11.2. The first-order valence-corrected chi connectivity index (χ1v) is 6.87. The highest BCUT2D eigenvalue weighted by Crippen LogP contribution is 2.29. The van der Waals surface area contributed by atoms with Gasteiger partial charge in [0.2, 0.25) is 5.91 Å². The number of rotatable bonds is 4. The van der Waals surface area contributed by atoms with Crippen molar-refractivity contribution < 1.29 is 4.79 Å². The Balaban J connectivity index is 1.90. The van der Waals surface area contributed by atoms with E-state index in [1.807, 2.05) is 13.8 Å². The van der Waals surface area contributed by atoms with Crippen molar-refractivity contribution in [3.8, 4) is 0 Å². The molecule has 2 aliphatic heterocycles. The maximum Gasteiger partial charge on any atom is 0.237 e. The summed E-state index contributed by atoms with van der Waals surface area (Å²) in [6, 6.07) is 1.91. The van der Waals surface area contributed by atoms with Gasteiger partial charge in [-0.2, -0.15) is 0 Å². The molecule has 2 heterocycles. The first-order valence-electron chi connectivity index (χ1n) is 6.87. The lowest BCUT2D eigenvalue weighted by Crippen LogP contribution is -2.53. The van der Waals surface area contributed by atoms with Crippen molar-refractivity contribution in [3.05, 3.63) is 0 Å². The monoisotopic (exact) mass is 239 g/mol. The fraction of sp³-hybridized carbons (Fsp3) is 0.923. The summed E-state index contributed by atoms with van der Waals surface area (Å²) < 4.78 is 0. The van der Waals surface area contributed by atoms with Crippen LogP contribution in [0.5, 0.6) is 0 Å². The van der Waals surface area contributed by atoms with Gasteiger partial charge in [-0.3, -0.25) is 9.69 Å². The molecule has 98 valence electrons. The third kappa shape index (κ3) is 2.80. The third-order valence-electron chi connectivity index (χ3n) is 4.37. The molecule has 2 aliphatic rings. The quantitative estimate of drug-likeness (QED) is 0.760. The van der Waals surface area contributed by atoms with Crippen molar-refractivity contribution >= 4 is 5.91 Å². The van der Waals surface area contributed by atoms with Gasteiger partial charge in [0.05, 0.1) is 6.04 Å². The molecule has 2 bridgehead atoms. The van der Waals surface area contributed by atoms with Crippen LogP contribution < -0.4 is 10.6 Å². The second-order valence-electron chi connectivity index (χ2n) is 5.50. The lowest BCUT2D eigenvalue weighted by atomic mass is 9.97. The standard InChI is InChI=1S/C13H25N3O/c1-4-14-13(17)9(2)16(3)12-7-10-5-6-11(8-12)15-10/h9-12,15H,4-8H2,1-3H3,(H,14,17). The fourth-order valence-corrected chi connectivity index (χ4v) is 3.18. The van der Waals surface area contributed by atoms with E-state index in [0.29, 0.717) is 24.7 Å². The molecule has 0 spiro atoms. The van der Waals surface area contributed by atoms with Crippen LogP contribution in [0.2, 0.25) is 0 Å². The van der Waals surface area contributed by atoms with Gasteiger partial charge in [-0.25, -0.2) is 0 Å². The highest BCUT2D eigenvalue weighted by molar-refractivity contribution is 5.81. The number of hydrogen-bond donors (Lipinski definition) is 2. The number of nitrogens with one attached hydrogen (secondary N) is 2. The van der Waals surface area contributed by atoms with Crippen LogP contribution in [0.4, 0.5) is 0 Å². The SMILES string of the molecule is CCNC(=O)C(C)N(C)C1CC2CCC(C1)N2. The lowest BCUT2D eigenvalue weighted by Gasteiger charge is -2.38. The Bertz CT molecular complexity index is 270. The Morgan fingerprint density at radius 3 is 2.53 bits per heavy atom. The highest BCUT2D eigenvalue weighted by atomic mass is 16.2. The van der Waals surface area contributed by atoms with Gasteiger partial charge in [0.1, 0.15) is 0 Å². The molecule has 1 amide bonds. The third-order valence-corrected chi connectivity index (χ3v) is 4.37. The van der Waals surface area contributed by atoms with Crippen molar-refractivity contribution in [1.82, 2.24) is 15.5 Å². The highest BCUT2D eigenvalue weighted by Gasteiger charge is 2.37. The topological polar surface area (TPSA) is 44.4 Å². The smallest absolute Gasteiger partial charge is 0.237 e. The van der Waals surface area contributed by atoms with Gasteiger partial charge in [0.25, 0.3) is 0 Å². The number of hydrogen-bond acceptors (Lipinski definition) is 3. The Labute approximate surface area is 104 Å². The Morgan fingerprint density at radius 1 is 1.41 bits per heavy atom. The summed E-state index contributed by atoms with van der Waals surface area (Å²) in [6.45, 7) is 4.69. The molecule has 17 heavy (non-hydrogen) atoms. The summed E-state index contributed by atoms with van der Waals surface area (Å²) in [7, 11) is 2.09. The van der Waals surface area contributed by atoms with Gasteiger partial charge < -0.3 is 10.6 Å². The van der Waals surface area contributed by atoms with Crippen LogP contribution >= 0.6 is 0 Å². The van der Waals surface area contributed by atoms with Crippen LogP contribution in [0.1, 0.15) is 39.5 Å². The second-order valence-corrected chi connectivity index (χ2v) is 5.50. The molecule has 0 saturated carbocycles. The molecular formula is C13H25N3O. The average Bonchev–Trinajstić information content (AvgIpc) is 2.66. The number of fused-ring (bicyclic) bond motifs is 2. The largest absolute Gasteiger partial charge is 0.355 e. The van der Waals surface area contributed by atoms with Gasteiger partial charge in [-0.15, -0.1) is 0 Å². The molecule has 3 unspecified atom stereocenters. The maximum absolute atomic E-state index is 11.8. The lowest BCUT2D eigenvalue weighted by molar-refractivity contribution is -0.126. The van der Waals surface area contributed by atoms with E-state index < -0.39 is 0 Å². The molecule has 4 nitrogen and oxygen atoms in total. The number of likely N-dealkylation sites (N-methyl/N-ethyl adjacent to an activating group) is 2. The molecular weight excluding hydrogens is 214 g/mol. The molecule has 0 aromatic carbocycles. The van der Waals surface area contributed by atoms with Gasteiger partial charge >= 0.3 is 0 Å². The van der Waals surface area contributed by atoms with Crippen molar-refractivity contribution in [3.63, 3.8) is 0 Å². The Hall–Kier alpha value is -0.610. The van der Waals surface area contributed by atoms with Crippen molar-refractivity contribution in [2.45, 2.75) is 63.7 Å². The van der Waals surface area contributed by atoms with E-state index in [1.165, 1.54) is 25.7 Å². The number of amides is 1. The second kappa shape index (κ2) is 5.36. The van der Waals surface area contributed by atoms with Crippen molar-refractivity contribution in [2.75, 3.05) is 13.6 Å². The summed E-state index contributed by atoms with van der Waals surface area (Å²) in [5.74, 6) is 0.154. The van der Waals surface area contributed by atoms with E-state index in [1.54, 1.807) is 0 Å². The summed E-state index contributed by atoms with van der Waals surface area (Å²) >= 11 is 0. The van der Waals surface area contributed by atoms with Crippen LogP contribution in [-0.2, 0) is 4.79 Å². The summed E-state index contributed by atoms with van der Waals surface area (Å²) in [4.78, 5) is 14.1. The minimum Gasteiger partial charge on any atom is -0.355 e. The van der Waals surface area contributed by atoms with Crippen molar-refractivity contribution in [2.24, 2.45) is 0 Å². The van der Waals surface area contributed by atoms with Crippen LogP contribution in [0.3, 0.4) is 0 Å². The molecule has 0 radical (unpaired) electrons. The molecule has 4 heteroatoms. The number of piperidine rings is 1. The average molecular weight is 239 g/mol. The van der Waals surface area contributed by atoms with E-state index in [9.17, 15) is 4.79 Å². The summed E-state index contributed by atoms with van der Waals surface area (Å²) in [6.07, 6.45) is 5.00. The molecule has 3 atom stereocenters. The number of nitrogens with zero attached hydrogens (tertiary/aromatic N) is 1. The van der Waals surface area contributed by atoms with E-state index in [4.69, 9.17) is 0 Å². The molecule has 2 fully saturated rings. The zero-order valence-electron chi connectivity index (χ0n) is 11.2. The van der Waals surface area contributed by atoms with E-state index >= 15 is 0 Å². The molecule has 2 saturated heterocycles. The Kier molecular flexibility index (Phi) is 4.05. The van der Waals surface area contributed by atoms with Gasteiger partial charge in [-0.05, 0) is 46.6 Å². The molecule has 0 aromatic rings. The van der Waals surface area contributed by atoms with Crippen LogP contribution in [0.15, 0.2) is 0 Å². The first-order chi connectivity index (χ1) is 8.11. The van der Waals surface area contributed by atoms with Crippen LogP contribution in [0, 0.1) is 0 Å². The van der Waals surface area contributed by atoms with Crippen LogP contribution in [-0.4, -0.2) is 48.6 Å². The van der Waals surface area contributed by atoms with Gasteiger partial charge in [-0.1, -0.05) is 0 Å². The minimum atomic E-state index is -0.0163. The maximum atomic E-state index is 11.8. The zero-order chi connectivity index (χ0) is 12.4. The fourth-order valence-electron chi connectivity index (χ4n) is 3.18. The van der Waals surface area contributed by atoms with E-state index in [0.717, 1.165) is 0 Å². The van der Waals surface area contributed by atoms with Crippen LogP contribution in [0.25, 0.3) is 0 Å². The molecule has 0 aliphatic carbocycles.